The minimum absolute atomic E-state index is 0.0215. The van der Waals surface area contributed by atoms with Gasteiger partial charge in [-0.2, -0.15) is 13.2 Å². The minimum atomic E-state index is -4.86. The molecular weight excluding hydrogens is 658 g/mol. The third-order valence-electron chi connectivity index (χ3n) is 7.27. The fraction of sp³-hybridized carbons (Fsp3) is 0.235. The van der Waals surface area contributed by atoms with E-state index < -0.39 is 64.2 Å². The van der Waals surface area contributed by atoms with Gasteiger partial charge in [0.2, 0.25) is 11.8 Å². The van der Waals surface area contributed by atoms with Gasteiger partial charge in [0, 0.05) is 25.1 Å². The lowest BCUT2D eigenvalue weighted by Gasteiger charge is -2.34. The molecule has 4 aromatic rings. The van der Waals surface area contributed by atoms with Gasteiger partial charge in [-0.25, -0.2) is 12.8 Å². The van der Waals surface area contributed by atoms with Crippen molar-refractivity contribution in [2.75, 3.05) is 17.4 Å². The summed E-state index contributed by atoms with van der Waals surface area (Å²) in [6.45, 7) is 0.594. The van der Waals surface area contributed by atoms with E-state index in [9.17, 15) is 35.6 Å². The van der Waals surface area contributed by atoms with Crippen molar-refractivity contribution in [1.29, 1.82) is 0 Å². The molecule has 0 aromatic heterocycles. The third-order valence-corrected chi connectivity index (χ3v) is 9.36. The maximum atomic E-state index is 15.0. The number of alkyl halides is 3. The summed E-state index contributed by atoms with van der Waals surface area (Å²) in [6.07, 6.45) is -4.31. The number of sulfonamides is 1. The van der Waals surface area contributed by atoms with E-state index in [1.807, 2.05) is 6.92 Å². The van der Waals surface area contributed by atoms with Crippen LogP contribution in [0.2, 0.25) is 5.02 Å². The topological polar surface area (TPSA) is 86.8 Å². The predicted molar refractivity (Wildman–Crippen MR) is 172 cm³/mol. The maximum Gasteiger partial charge on any atom is 0.416 e. The molecule has 0 heterocycles. The number of rotatable bonds is 13. The summed E-state index contributed by atoms with van der Waals surface area (Å²) in [4.78, 5) is 28.7. The largest absolute Gasteiger partial charge is 0.416 e. The maximum absolute atomic E-state index is 15.0. The van der Waals surface area contributed by atoms with Crippen LogP contribution in [-0.4, -0.2) is 44.3 Å². The van der Waals surface area contributed by atoms with E-state index >= 15 is 0 Å². The monoisotopic (exact) mass is 689 g/mol. The second-order valence-electron chi connectivity index (χ2n) is 10.6. The lowest BCUT2D eigenvalue weighted by Crippen LogP contribution is -2.53. The van der Waals surface area contributed by atoms with Crippen LogP contribution in [0.3, 0.4) is 0 Å². The van der Waals surface area contributed by atoms with Gasteiger partial charge in [0.05, 0.1) is 21.2 Å². The van der Waals surface area contributed by atoms with Crippen LogP contribution in [0.4, 0.5) is 23.2 Å². The fourth-order valence-electron chi connectivity index (χ4n) is 4.84. The zero-order valence-corrected chi connectivity index (χ0v) is 26.8. The molecule has 0 saturated carbocycles. The molecule has 47 heavy (non-hydrogen) atoms. The van der Waals surface area contributed by atoms with E-state index in [2.05, 4.69) is 5.32 Å². The highest BCUT2D eigenvalue weighted by Crippen LogP contribution is 2.37. The Morgan fingerprint density at radius 1 is 0.894 bits per heavy atom. The number of hydrogen-bond acceptors (Lipinski definition) is 4. The van der Waals surface area contributed by atoms with Crippen LogP contribution in [0, 0.1) is 5.82 Å². The first-order valence-corrected chi connectivity index (χ1v) is 16.4. The van der Waals surface area contributed by atoms with Gasteiger partial charge in [-0.1, -0.05) is 85.3 Å². The Balaban J connectivity index is 1.87. The molecular formula is C34H32ClF4N3O4S. The summed E-state index contributed by atoms with van der Waals surface area (Å²) in [5.41, 5.74) is -1.09. The molecule has 2 amide bonds. The highest BCUT2D eigenvalue weighted by molar-refractivity contribution is 7.92. The molecule has 0 unspecified atom stereocenters. The zero-order chi connectivity index (χ0) is 34.2. The van der Waals surface area contributed by atoms with Crippen LogP contribution < -0.4 is 9.62 Å². The number of hydrogen-bond donors (Lipinski definition) is 1. The van der Waals surface area contributed by atoms with E-state index in [4.69, 9.17) is 11.6 Å². The molecule has 0 fully saturated rings. The molecule has 248 valence electrons. The predicted octanol–water partition coefficient (Wildman–Crippen LogP) is 6.86. The quantitative estimate of drug-likeness (QED) is 0.156. The number of carbonyl (C=O) groups excluding carboxylic acids is 2. The Morgan fingerprint density at radius 3 is 2.13 bits per heavy atom. The number of nitrogens with one attached hydrogen (secondary N) is 1. The normalized spacial score (nSPS) is 12.3. The minimum Gasteiger partial charge on any atom is -0.354 e. The fourth-order valence-corrected chi connectivity index (χ4v) is 6.56. The van der Waals surface area contributed by atoms with E-state index in [0.717, 1.165) is 11.0 Å². The summed E-state index contributed by atoms with van der Waals surface area (Å²) < 4.78 is 84.9. The number of halogens is 5. The van der Waals surface area contributed by atoms with Gasteiger partial charge in [-0.15, -0.1) is 0 Å². The van der Waals surface area contributed by atoms with Gasteiger partial charge in [0.15, 0.2) is 0 Å². The van der Waals surface area contributed by atoms with E-state index in [1.165, 1.54) is 42.5 Å². The molecule has 0 saturated heterocycles. The average molecular weight is 690 g/mol. The van der Waals surface area contributed by atoms with Crippen LogP contribution in [0.25, 0.3) is 0 Å². The van der Waals surface area contributed by atoms with Crippen molar-refractivity contribution in [1.82, 2.24) is 10.2 Å². The molecule has 4 rings (SSSR count). The van der Waals surface area contributed by atoms with Crippen molar-refractivity contribution in [2.24, 2.45) is 0 Å². The van der Waals surface area contributed by atoms with Crippen LogP contribution in [-0.2, 0) is 38.8 Å². The number of benzene rings is 4. The second kappa shape index (κ2) is 15.4. The van der Waals surface area contributed by atoms with Gasteiger partial charge < -0.3 is 10.2 Å². The Morgan fingerprint density at radius 2 is 1.51 bits per heavy atom. The van der Waals surface area contributed by atoms with Crippen LogP contribution in [0.1, 0.15) is 30.0 Å². The standard InChI is InChI=1S/C34H32ClF4N3O4S/c1-2-19-40-33(44)31(20-24-11-5-3-6-12-24)41(22-25-13-9-10-16-29(25)36)32(43)23-42(47(45,46)27-14-7-4-8-15-27)30-21-26(34(37,38)39)17-18-28(30)35/h3-18,21,31H,2,19-20,22-23H2,1H3,(H,40,44)/t31-/m1/s1. The molecule has 13 heteroatoms. The van der Waals surface area contributed by atoms with Crippen molar-refractivity contribution in [3.05, 3.63) is 131 Å². The van der Waals surface area contributed by atoms with E-state index in [-0.39, 0.29) is 28.4 Å². The van der Waals surface area contributed by atoms with Gasteiger partial charge in [0.1, 0.15) is 18.4 Å². The Bertz CT molecular complexity index is 1790. The molecule has 0 aliphatic heterocycles. The molecule has 4 aromatic carbocycles. The smallest absolute Gasteiger partial charge is 0.354 e. The SMILES string of the molecule is CCCNC(=O)[C@@H](Cc1ccccc1)N(Cc1ccccc1F)C(=O)CN(c1cc(C(F)(F)F)ccc1Cl)S(=O)(=O)c1ccccc1. The highest BCUT2D eigenvalue weighted by Gasteiger charge is 2.37. The third kappa shape index (κ3) is 8.89. The van der Waals surface area contributed by atoms with Crippen molar-refractivity contribution in [3.8, 4) is 0 Å². The van der Waals surface area contributed by atoms with E-state index in [0.29, 0.717) is 28.4 Å². The summed E-state index contributed by atoms with van der Waals surface area (Å²) >= 11 is 6.31. The van der Waals surface area contributed by atoms with Crippen molar-refractivity contribution >= 4 is 39.1 Å². The number of amides is 2. The number of carbonyl (C=O) groups is 2. The van der Waals surface area contributed by atoms with Crippen LogP contribution in [0.15, 0.2) is 108 Å². The Kier molecular flexibility index (Phi) is 11.6. The van der Waals surface area contributed by atoms with E-state index in [1.54, 1.807) is 42.5 Å². The van der Waals surface area contributed by atoms with Crippen LogP contribution in [0.5, 0.6) is 0 Å². The molecule has 0 spiro atoms. The molecule has 0 aliphatic carbocycles. The van der Waals surface area contributed by atoms with Crippen LogP contribution >= 0.6 is 11.6 Å². The first-order valence-electron chi connectivity index (χ1n) is 14.6. The lowest BCUT2D eigenvalue weighted by atomic mass is 10.0. The summed E-state index contributed by atoms with van der Waals surface area (Å²) in [5.74, 6) is -2.23. The number of nitrogens with zero attached hydrogens (tertiary/aromatic N) is 2. The van der Waals surface area contributed by atoms with Crippen molar-refractivity contribution in [2.45, 2.75) is 43.4 Å². The van der Waals surface area contributed by atoms with Gasteiger partial charge >= 0.3 is 6.18 Å². The lowest BCUT2D eigenvalue weighted by molar-refractivity contribution is -0.140. The Labute approximate surface area is 275 Å². The molecule has 0 aliphatic rings. The van der Waals surface area contributed by atoms with Gasteiger partial charge in [0.25, 0.3) is 10.0 Å². The molecule has 1 N–H and O–H groups in total. The average Bonchev–Trinajstić information content (AvgIpc) is 3.05. The molecule has 0 radical (unpaired) electrons. The zero-order valence-electron chi connectivity index (χ0n) is 25.3. The summed E-state index contributed by atoms with van der Waals surface area (Å²) in [6, 6.07) is 22.0. The summed E-state index contributed by atoms with van der Waals surface area (Å²) in [5, 5.41) is 2.39. The van der Waals surface area contributed by atoms with Gasteiger partial charge in [-0.3, -0.25) is 13.9 Å². The molecule has 0 bridgehead atoms. The summed E-state index contributed by atoms with van der Waals surface area (Å²) in [7, 11) is -4.71. The Hall–Kier alpha value is -4.42. The van der Waals surface area contributed by atoms with Crippen molar-refractivity contribution < 1.29 is 35.6 Å². The second-order valence-corrected chi connectivity index (χ2v) is 12.9. The molecule has 7 nitrogen and oxygen atoms in total. The highest BCUT2D eigenvalue weighted by atomic mass is 35.5. The first-order chi connectivity index (χ1) is 22.3. The number of anilines is 1. The van der Waals surface area contributed by atoms with Gasteiger partial charge in [-0.05, 0) is 48.4 Å². The first kappa shape index (κ1) is 35.4. The van der Waals surface area contributed by atoms with Crippen molar-refractivity contribution in [3.63, 3.8) is 0 Å². The molecule has 1 atom stereocenters.